The van der Waals surface area contributed by atoms with Crippen LogP contribution in [0.1, 0.15) is 18.3 Å². The van der Waals surface area contributed by atoms with Crippen LogP contribution in [0.15, 0.2) is 107 Å². The number of pyridine rings is 4. The zero-order valence-corrected chi connectivity index (χ0v) is 32.0. The van der Waals surface area contributed by atoms with Gasteiger partial charge < -0.3 is 28.8 Å². The summed E-state index contributed by atoms with van der Waals surface area (Å²) in [5.41, 5.74) is 10.1. The van der Waals surface area contributed by atoms with Crippen molar-refractivity contribution < 1.29 is 0 Å². The van der Waals surface area contributed by atoms with Gasteiger partial charge >= 0.3 is 0 Å². The molecule has 2 saturated heterocycles. The van der Waals surface area contributed by atoms with Gasteiger partial charge in [0.1, 0.15) is 22.6 Å². The van der Waals surface area contributed by atoms with Crippen LogP contribution in [-0.2, 0) is 0 Å². The smallest absolute Gasteiger partial charge is 0.258 e. The highest BCUT2D eigenvalue weighted by molar-refractivity contribution is 5.65. The van der Waals surface area contributed by atoms with Crippen LogP contribution in [-0.4, -0.2) is 101 Å². The second-order valence-corrected chi connectivity index (χ2v) is 14.9. The number of fused-ring (bicyclic) bond motifs is 4. The van der Waals surface area contributed by atoms with Crippen molar-refractivity contribution in [1.82, 2.24) is 47.8 Å². The Labute approximate surface area is 323 Å². The molecule has 8 aromatic heterocycles. The van der Waals surface area contributed by atoms with E-state index in [0.29, 0.717) is 28.7 Å². The Hall–Kier alpha value is -6.38. The summed E-state index contributed by atoms with van der Waals surface area (Å²) in [5.74, 6) is 0. The topological polar surface area (TPSA) is 125 Å². The third-order valence-corrected chi connectivity index (χ3v) is 10.6. The van der Waals surface area contributed by atoms with Gasteiger partial charge in [-0.25, -0.2) is 19.9 Å². The molecule has 284 valence electrons. The van der Waals surface area contributed by atoms with Crippen molar-refractivity contribution in [2.45, 2.75) is 26.8 Å². The number of piperazine rings is 2. The summed E-state index contributed by atoms with van der Waals surface area (Å²) >= 11 is 0. The first-order chi connectivity index (χ1) is 27.1. The van der Waals surface area contributed by atoms with Gasteiger partial charge in [-0.15, -0.1) is 0 Å². The molecule has 0 aliphatic carbocycles. The van der Waals surface area contributed by atoms with Crippen molar-refractivity contribution >= 4 is 34.0 Å². The number of imidazole rings is 2. The summed E-state index contributed by atoms with van der Waals surface area (Å²) in [6.45, 7) is 12.9. The Morgan fingerprint density at radius 3 is 1.59 bits per heavy atom. The zero-order valence-electron chi connectivity index (χ0n) is 32.0. The number of likely N-dealkylation sites (N-methyl/N-ethyl adjacent to an activating group) is 1. The first kappa shape index (κ1) is 35.3. The van der Waals surface area contributed by atoms with Crippen molar-refractivity contribution in [2.75, 3.05) is 62.7 Å². The van der Waals surface area contributed by atoms with Gasteiger partial charge in [-0.2, -0.15) is 0 Å². The van der Waals surface area contributed by atoms with E-state index in [-0.39, 0.29) is 11.1 Å². The van der Waals surface area contributed by atoms with E-state index < -0.39 is 0 Å². The minimum absolute atomic E-state index is 0.0714. The minimum atomic E-state index is -0.0769. The molecule has 0 radical (unpaired) electrons. The maximum absolute atomic E-state index is 12.8. The van der Waals surface area contributed by atoms with Crippen molar-refractivity contribution in [3.05, 3.63) is 130 Å². The normalized spacial score (nSPS) is 16.5. The van der Waals surface area contributed by atoms with E-state index in [1.54, 1.807) is 20.9 Å². The summed E-state index contributed by atoms with van der Waals surface area (Å²) in [5, 5.41) is 3.44. The molecule has 1 atom stereocenters. The highest BCUT2D eigenvalue weighted by Crippen LogP contribution is 2.22. The molecule has 10 rings (SSSR count). The SMILES string of the molecule is Cc1cn2cc(-c3cc(=O)n4cc(N5CCN(C)CC5)ccc4n3)ccc2n1.Cc1cn2cc(-c3cc(=O)n4cc(N5CCN[C@@H](C)C5)ccc4n3)ccc2n1. The summed E-state index contributed by atoms with van der Waals surface area (Å²) < 4.78 is 7.19. The van der Waals surface area contributed by atoms with Gasteiger partial charge in [0.05, 0.1) is 34.2 Å². The number of hydrogen-bond donors (Lipinski definition) is 1. The van der Waals surface area contributed by atoms with Gasteiger partial charge in [-0.1, -0.05) is 0 Å². The molecule has 2 fully saturated rings. The standard InChI is InChI=1S/2C21H22N6O/c1-15-12-26-13-16(3-5-19(26)22-15)18-11-21(28)27-14-17(4-6-20(27)23-18)25-9-7-24(2)8-10-25;1-14-10-25(8-7-22-14)17-4-6-20-24-18(9-21(28)27(20)13-17)16-3-5-19-23-15(2)11-26(19)12-16/h3-6,11-14H,7-10H2,1-2H3;3-6,9,11-14,22H,7-8,10H2,1-2H3/t;14-/m.0/s1. The molecule has 2 aliphatic heterocycles. The highest BCUT2D eigenvalue weighted by atomic mass is 16.1. The molecule has 0 spiro atoms. The molecule has 56 heavy (non-hydrogen) atoms. The lowest BCUT2D eigenvalue weighted by Crippen LogP contribution is -2.49. The van der Waals surface area contributed by atoms with Gasteiger partial charge in [0, 0.05) is 112 Å². The van der Waals surface area contributed by atoms with E-state index in [1.165, 1.54) is 0 Å². The van der Waals surface area contributed by atoms with Crippen molar-refractivity contribution in [3.63, 3.8) is 0 Å². The van der Waals surface area contributed by atoms with E-state index in [4.69, 9.17) is 9.97 Å². The molecule has 0 unspecified atom stereocenters. The summed E-state index contributed by atoms with van der Waals surface area (Å²) in [6.07, 6.45) is 11.7. The number of hydrogen-bond acceptors (Lipinski definition) is 10. The fourth-order valence-electron chi connectivity index (χ4n) is 7.62. The quantitative estimate of drug-likeness (QED) is 0.280. The molecular formula is C42H44N12O2. The number of nitrogens with one attached hydrogen (secondary N) is 1. The lowest BCUT2D eigenvalue weighted by Gasteiger charge is -2.34. The lowest BCUT2D eigenvalue weighted by atomic mass is 10.2. The van der Waals surface area contributed by atoms with Gasteiger partial charge in [-0.3, -0.25) is 18.4 Å². The zero-order chi connectivity index (χ0) is 38.5. The number of aromatic nitrogens is 8. The van der Waals surface area contributed by atoms with Gasteiger partial charge in [0.2, 0.25) is 0 Å². The molecule has 10 heterocycles. The van der Waals surface area contributed by atoms with Crippen LogP contribution in [0.25, 0.3) is 45.1 Å². The second-order valence-electron chi connectivity index (χ2n) is 14.9. The molecular weight excluding hydrogens is 705 g/mol. The van der Waals surface area contributed by atoms with Crippen LogP contribution in [0.5, 0.6) is 0 Å². The lowest BCUT2D eigenvalue weighted by molar-refractivity contribution is 0.313. The highest BCUT2D eigenvalue weighted by Gasteiger charge is 2.18. The Kier molecular flexibility index (Phi) is 9.06. The molecule has 14 nitrogen and oxygen atoms in total. The van der Waals surface area contributed by atoms with Crippen molar-refractivity contribution in [1.29, 1.82) is 0 Å². The third-order valence-electron chi connectivity index (χ3n) is 10.6. The van der Waals surface area contributed by atoms with Crippen molar-refractivity contribution in [2.24, 2.45) is 0 Å². The van der Waals surface area contributed by atoms with Crippen LogP contribution in [0.3, 0.4) is 0 Å². The van der Waals surface area contributed by atoms with E-state index in [2.05, 4.69) is 50.0 Å². The predicted octanol–water partition coefficient (Wildman–Crippen LogP) is 4.19. The molecule has 1 N–H and O–H groups in total. The molecule has 0 saturated carbocycles. The van der Waals surface area contributed by atoms with Gasteiger partial charge in [0.25, 0.3) is 11.1 Å². The minimum Gasteiger partial charge on any atom is -0.368 e. The number of rotatable bonds is 4. The first-order valence-electron chi connectivity index (χ1n) is 19.0. The number of anilines is 2. The molecule has 8 aromatic rings. The van der Waals surface area contributed by atoms with E-state index in [1.807, 2.05) is 102 Å². The fourth-order valence-corrected chi connectivity index (χ4v) is 7.62. The molecule has 0 bridgehead atoms. The van der Waals surface area contributed by atoms with Gasteiger partial charge in [0.15, 0.2) is 0 Å². The molecule has 0 amide bonds. The van der Waals surface area contributed by atoms with Crippen LogP contribution in [0.2, 0.25) is 0 Å². The second kappa shape index (κ2) is 14.4. The summed E-state index contributed by atoms with van der Waals surface area (Å²) in [6, 6.07) is 19.4. The largest absolute Gasteiger partial charge is 0.368 e. The predicted molar refractivity (Wildman–Crippen MR) is 220 cm³/mol. The Bertz CT molecular complexity index is 2860. The Balaban J connectivity index is 0.000000146. The molecule has 2 aliphatic rings. The monoisotopic (exact) mass is 748 g/mol. The van der Waals surface area contributed by atoms with Crippen molar-refractivity contribution in [3.8, 4) is 22.5 Å². The maximum Gasteiger partial charge on any atom is 0.258 e. The average Bonchev–Trinajstić information content (AvgIpc) is 3.77. The third kappa shape index (κ3) is 7.00. The van der Waals surface area contributed by atoms with Crippen LogP contribution >= 0.6 is 0 Å². The summed E-state index contributed by atoms with van der Waals surface area (Å²) in [4.78, 5) is 50.9. The number of nitrogens with zero attached hydrogens (tertiary/aromatic N) is 11. The maximum atomic E-state index is 12.8. The molecule has 0 aromatic carbocycles. The van der Waals surface area contributed by atoms with Crippen LogP contribution in [0, 0.1) is 13.8 Å². The van der Waals surface area contributed by atoms with E-state index >= 15 is 0 Å². The molecule has 14 heteroatoms. The Morgan fingerprint density at radius 2 is 1.07 bits per heavy atom. The van der Waals surface area contributed by atoms with E-state index in [9.17, 15) is 9.59 Å². The van der Waals surface area contributed by atoms with Crippen LogP contribution in [0.4, 0.5) is 11.4 Å². The summed E-state index contributed by atoms with van der Waals surface area (Å²) in [7, 11) is 2.14. The van der Waals surface area contributed by atoms with Gasteiger partial charge in [-0.05, 0) is 76.3 Å². The number of aryl methyl sites for hydroxylation is 2. The Morgan fingerprint density at radius 1 is 0.571 bits per heavy atom. The van der Waals surface area contributed by atoms with Crippen LogP contribution < -0.4 is 26.2 Å². The van der Waals surface area contributed by atoms with E-state index in [0.717, 1.165) is 91.0 Å². The fraction of sp³-hybridized carbons (Fsp3) is 0.286. The average molecular weight is 749 g/mol. The first-order valence-corrected chi connectivity index (χ1v) is 19.0.